The Morgan fingerprint density at radius 3 is 2.39 bits per heavy atom. The van der Waals surface area contributed by atoms with E-state index >= 15 is 0 Å². The van der Waals surface area contributed by atoms with Gasteiger partial charge in [0.1, 0.15) is 6.61 Å². The number of anilines is 2. The topological polar surface area (TPSA) is 87.6 Å². The number of unbranched alkanes of at least 4 members (excludes halogenated alkanes) is 1. The maximum atomic E-state index is 11.6. The lowest BCUT2D eigenvalue weighted by Crippen LogP contribution is -2.12. The van der Waals surface area contributed by atoms with E-state index in [1.54, 1.807) is 6.07 Å². The Hall–Kier alpha value is -1.75. The number of hydrogen-bond acceptors (Lipinski definition) is 5. The van der Waals surface area contributed by atoms with E-state index in [9.17, 15) is 4.79 Å². The van der Waals surface area contributed by atoms with Crippen molar-refractivity contribution in [3.05, 3.63) is 23.8 Å². The van der Waals surface area contributed by atoms with Crippen LogP contribution in [0.1, 0.15) is 30.1 Å². The molecule has 0 fully saturated rings. The largest absolute Gasteiger partial charge is 0.460 e. The third-order valence-electron chi connectivity index (χ3n) is 2.32. The van der Waals surface area contributed by atoms with Crippen molar-refractivity contribution in [1.29, 1.82) is 0 Å². The van der Waals surface area contributed by atoms with Crippen molar-refractivity contribution in [2.24, 2.45) is 0 Å². The summed E-state index contributed by atoms with van der Waals surface area (Å²) >= 11 is 0. The lowest BCUT2D eigenvalue weighted by atomic mass is 10.2. The van der Waals surface area contributed by atoms with Crippen molar-refractivity contribution in [2.45, 2.75) is 19.8 Å². The smallest absolute Gasteiger partial charge is 0.338 e. The summed E-state index contributed by atoms with van der Waals surface area (Å²) in [5.74, 6) is -0.437. The molecule has 18 heavy (non-hydrogen) atoms. The number of hydrogen-bond donors (Lipinski definition) is 2. The summed E-state index contributed by atoms with van der Waals surface area (Å²) in [7, 11) is 0. The van der Waals surface area contributed by atoms with Crippen molar-refractivity contribution in [3.63, 3.8) is 0 Å². The molecule has 0 aliphatic rings. The second-order valence-corrected chi connectivity index (χ2v) is 3.99. The molecule has 0 aliphatic heterocycles. The van der Waals surface area contributed by atoms with Gasteiger partial charge in [-0.15, -0.1) is 0 Å². The van der Waals surface area contributed by atoms with Gasteiger partial charge in [-0.25, -0.2) is 4.79 Å². The maximum Gasteiger partial charge on any atom is 0.338 e. The van der Waals surface area contributed by atoms with Crippen molar-refractivity contribution in [1.82, 2.24) is 0 Å². The predicted molar refractivity (Wildman–Crippen MR) is 71.3 cm³/mol. The average molecular weight is 252 g/mol. The van der Waals surface area contributed by atoms with E-state index in [4.69, 9.17) is 20.9 Å². The summed E-state index contributed by atoms with van der Waals surface area (Å²) < 4.78 is 10.3. The van der Waals surface area contributed by atoms with Crippen LogP contribution in [0.3, 0.4) is 0 Å². The van der Waals surface area contributed by atoms with Gasteiger partial charge in [-0.05, 0) is 24.6 Å². The molecule has 0 aliphatic carbocycles. The van der Waals surface area contributed by atoms with Gasteiger partial charge < -0.3 is 20.9 Å². The van der Waals surface area contributed by atoms with Crippen molar-refractivity contribution >= 4 is 17.3 Å². The molecule has 4 N–H and O–H groups in total. The molecule has 100 valence electrons. The van der Waals surface area contributed by atoms with E-state index in [2.05, 4.69) is 6.92 Å². The first kappa shape index (κ1) is 14.3. The molecule has 0 saturated heterocycles. The molecule has 0 atom stereocenters. The lowest BCUT2D eigenvalue weighted by molar-refractivity contribution is 0.0314. The Balaban J connectivity index is 2.32. The van der Waals surface area contributed by atoms with Crippen LogP contribution in [0.2, 0.25) is 0 Å². The number of carbonyl (C=O) groups excluding carboxylic acids is 1. The monoisotopic (exact) mass is 252 g/mol. The molecule has 1 aromatic carbocycles. The fraction of sp³-hybridized carbons (Fsp3) is 0.462. The second kappa shape index (κ2) is 7.55. The van der Waals surface area contributed by atoms with Gasteiger partial charge >= 0.3 is 5.97 Å². The van der Waals surface area contributed by atoms with E-state index in [0.29, 0.717) is 30.2 Å². The van der Waals surface area contributed by atoms with Crippen LogP contribution >= 0.6 is 0 Å². The van der Waals surface area contributed by atoms with Crippen LogP contribution in [-0.2, 0) is 9.47 Å². The number of esters is 1. The molecule has 0 aromatic heterocycles. The maximum absolute atomic E-state index is 11.6. The fourth-order valence-corrected chi connectivity index (χ4v) is 1.42. The zero-order chi connectivity index (χ0) is 13.4. The van der Waals surface area contributed by atoms with E-state index < -0.39 is 5.97 Å². The van der Waals surface area contributed by atoms with Crippen LogP contribution in [0, 0.1) is 0 Å². The minimum absolute atomic E-state index is 0.233. The van der Waals surface area contributed by atoms with Gasteiger partial charge in [-0.1, -0.05) is 13.3 Å². The highest BCUT2D eigenvalue weighted by Crippen LogP contribution is 2.14. The highest BCUT2D eigenvalue weighted by molar-refractivity contribution is 5.91. The van der Waals surface area contributed by atoms with Crippen LogP contribution in [0.4, 0.5) is 11.4 Å². The number of carbonyl (C=O) groups is 1. The van der Waals surface area contributed by atoms with Gasteiger partial charge in [0.2, 0.25) is 0 Å². The molecule has 1 rings (SSSR count). The van der Waals surface area contributed by atoms with E-state index in [1.165, 1.54) is 12.1 Å². The van der Waals surface area contributed by atoms with Gasteiger partial charge in [0, 0.05) is 18.0 Å². The average Bonchev–Trinajstić information content (AvgIpc) is 2.32. The normalized spacial score (nSPS) is 10.3. The molecule has 0 unspecified atom stereocenters. The Bertz CT molecular complexity index is 374. The third kappa shape index (κ3) is 5.05. The quantitative estimate of drug-likeness (QED) is 0.439. The van der Waals surface area contributed by atoms with Crippen LogP contribution in [0.15, 0.2) is 18.2 Å². The summed E-state index contributed by atoms with van der Waals surface area (Å²) in [4.78, 5) is 11.6. The van der Waals surface area contributed by atoms with E-state index in [-0.39, 0.29) is 6.61 Å². The summed E-state index contributed by atoms with van der Waals surface area (Å²) in [6.07, 6.45) is 2.10. The number of ether oxygens (including phenoxy) is 2. The number of rotatable bonds is 7. The molecule has 1 aromatic rings. The van der Waals surface area contributed by atoms with Gasteiger partial charge in [0.25, 0.3) is 0 Å². The van der Waals surface area contributed by atoms with Crippen molar-refractivity contribution in [2.75, 3.05) is 31.3 Å². The molecule has 5 nitrogen and oxygen atoms in total. The molecular formula is C13H20N2O3. The zero-order valence-corrected chi connectivity index (χ0v) is 10.6. The van der Waals surface area contributed by atoms with E-state index in [1.807, 2.05) is 0 Å². The van der Waals surface area contributed by atoms with Gasteiger partial charge in [0.15, 0.2) is 0 Å². The predicted octanol–water partition coefficient (Wildman–Crippen LogP) is 1.82. The Morgan fingerprint density at radius 2 is 1.78 bits per heavy atom. The fourth-order valence-electron chi connectivity index (χ4n) is 1.42. The van der Waals surface area contributed by atoms with Crippen molar-refractivity contribution < 1.29 is 14.3 Å². The summed E-state index contributed by atoms with van der Waals surface area (Å²) in [6, 6.07) is 4.66. The summed E-state index contributed by atoms with van der Waals surface area (Å²) in [6.45, 7) is 3.42. The van der Waals surface area contributed by atoms with Gasteiger partial charge in [0.05, 0.1) is 12.2 Å². The molecule has 0 radical (unpaired) electrons. The first-order valence-electron chi connectivity index (χ1n) is 6.04. The minimum Gasteiger partial charge on any atom is -0.460 e. The first-order valence-corrected chi connectivity index (χ1v) is 6.04. The SMILES string of the molecule is CCCCOCCOC(=O)c1cc(N)cc(N)c1. The Labute approximate surface area is 107 Å². The van der Waals surface area contributed by atoms with Crippen LogP contribution < -0.4 is 11.5 Å². The second-order valence-electron chi connectivity index (χ2n) is 3.99. The number of nitrogen functional groups attached to an aromatic ring is 2. The van der Waals surface area contributed by atoms with Gasteiger partial charge in [-0.2, -0.15) is 0 Å². The van der Waals surface area contributed by atoms with Crippen LogP contribution in [0.5, 0.6) is 0 Å². The molecular weight excluding hydrogens is 232 g/mol. The lowest BCUT2D eigenvalue weighted by Gasteiger charge is -2.07. The molecule has 0 heterocycles. The highest BCUT2D eigenvalue weighted by atomic mass is 16.6. The van der Waals surface area contributed by atoms with Gasteiger partial charge in [-0.3, -0.25) is 0 Å². The molecule has 0 amide bonds. The molecule has 0 saturated carbocycles. The Morgan fingerprint density at radius 1 is 1.11 bits per heavy atom. The van der Waals surface area contributed by atoms with Crippen LogP contribution in [-0.4, -0.2) is 25.8 Å². The molecule has 0 spiro atoms. The molecule has 5 heteroatoms. The molecule has 0 bridgehead atoms. The Kier molecular flexibility index (Phi) is 6.00. The van der Waals surface area contributed by atoms with Crippen molar-refractivity contribution in [3.8, 4) is 0 Å². The van der Waals surface area contributed by atoms with E-state index in [0.717, 1.165) is 12.8 Å². The standard InChI is InChI=1S/C13H20N2O3/c1-2-3-4-17-5-6-18-13(16)10-7-11(14)9-12(15)8-10/h7-9H,2-6,14-15H2,1H3. The highest BCUT2D eigenvalue weighted by Gasteiger charge is 2.08. The number of nitrogens with two attached hydrogens (primary N) is 2. The third-order valence-corrected chi connectivity index (χ3v) is 2.32. The first-order chi connectivity index (χ1) is 8.63. The zero-order valence-electron chi connectivity index (χ0n) is 10.6. The summed E-state index contributed by atoms with van der Waals surface area (Å²) in [5, 5.41) is 0. The summed E-state index contributed by atoms with van der Waals surface area (Å²) in [5.41, 5.74) is 12.4. The minimum atomic E-state index is -0.437. The van der Waals surface area contributed by atoms with Crippen LogP contribution in [0.25, 0.3) is 0 Å². The number of benzene rings is 1.